The van der Waals surface area contributed by atoms with Gasteiger partial charge in [0, 0.05) is 28.9 Å². The first kappa shape index (κ1) is 9.85. The lowest BCUT2D eigenvalue weighted by Crippen LogP contribution is -2.85. The molecule has 2 aromatic rings. The number of H-pyrrole nitrogens is 1. The maximum absolute atomic E-state index is 13.2. The average molecular weight is 219 g/mol. The van der Waals surface area contributed by atoms with E-state index in [2.05, 4.69) is 17.2 Å². The number of benzene rings is 1. The number of nitrogens with two attached hydrogens (primary N) is 1. The van der Waals surface area contributed by atoms with Gasteiger partial charge in [-0.3, -0.25) is 0 Å². The Morgan fingerprint density at radius 1 is 1.44 bits per heavy atom. The fourth-order valence-corrected chi connectivity index (χ4v) is 2.67. The minimum atomic E-state index is -0.164. The van der Waals surface area contributed by atoms with Gasteiger partial charge in [0.25, 0.3) is 0 Å². The standard InChI is InChI=1S/C13H15FN2/c1-8-7-15-5-4-11-10-3-2-9(14)6-12(10)16-13(8)11/h2-3,6,8,15-16H,4-5,7H2,1H3/p+1. The summed E-state index contributed by atoms with van der Waals surface area (Å²) in [5.41, 5.74) is 3.63. The number of quaternary nitrogens is 1. The lowest BCUT2D eigenvalue weighted by molar-refractivity contribution is -0.655. The first-order valence-electron chi connectivity index (χ1n) is 5.87. The summed E-state index contributed by atoms with van der Waals surface area (Å²) in [6.07, 6.45) is 1.07. The minimum absolute atomic E-state index is 0.164. The summed E-state index contributed by atoms with van der Waals surface area (Å²) in [5, 5.41) is 3.55. The van der Waals surface area contributed by atoms with Gasteiger partial charge in [-0.25, -0.2) is 4.39 Å². The summed E-state index contributed by atoms with van der Waals surface area (Å²) in [6.45, 7) is 4.47. The predicted octanol–water partition coefficient (Wildman–Crippen LogP) is 1.53. The molecule has 0 aliphatic carbocycles. The quantitative estimate of drug-likeness (QED) is 0.673. The minimum Gasteiger partial charge on any atom is -0.358 e. The maximum Gasteiger partial charge on any atom is 0.125 e. The molecule has 1 unspecified atom stereocenters. The highest BCUT2D eigenvalue weighted by Crippen LogP contribution is 2.28. The van der Waals surface area contributed by atoms with E-state index in [1.165, 1.54) is 16.6 Å². The van der Waals surface area contributed by atoms with Gasteiger partial charge in [0.1, 0.15) is 5.82 Å². The van der Waals surface area contributed by atoms with E-state index in [-0.39, 0.29) is 5.82 Å². The van der Waals surface area contributed by atoms with Crippen LogP contribution in [0.4, 0.5) is 4.39 Å². The van der Waals surface area contributed by atoms with Gasteiger partial charge in [0.2, 0.25) is 0 Å². The van der Waals surface area contributed by atoms with E-state index in [0.717, 1.165) is 25.0 Å². The first-order valence-corrected chi connectivity index (χ1v) is 5.87. The van der Waals surface area contributed by atoms with Crippen LogP contribution in [-0.2, 0) is 6.42 Å². The van der Waals surface area contributed by atoms with Crippen LogP contribution in [0.25, 0.3) is 10.9 Å². The third-order valence-corrected chi connectivity index (χ3v) is 3.51. The summed E-state index contributed by atoms with van der Waals surface area (Å²) in [6, 6.07) is 5.05. The van der Waals surface area contributed by atoms with Gasteiger partial charge in [0.05, 0.1) is 13.1 Å². The maximum atomic E-state index is 13.2. The highest BCUT2D eigenvalue weighted by atomic mass is 19.1. The van der Waals surface area contributed by atoms with Crippen LogP contribution in [0.15, 0.2) is 18.2 Å². The molecule has 0 spiro atoms. The number of fused-ring (bicyclic) bond motifs is 3. The monoisotopic (exact) mass is 219 g/mol. The molecule has 1 atom stereocenters. The average Bonchev–Trinajstić information content (AvgIpc) is 2.52. The second kappa shape index (κ2) is 3.59. The molecular weight excluding hydrogens is 203 g/mol. The van der Waals surface area contributed by atoms with Gasteiger partial charge in [-0.15, -0.1) is 0 Å². The SMILES string of the molecule is CC1C[NH2+]CCc2c1[nH]c1cc(F)ccc21. The van der Waals surface area contributed by atoms with Crippen molar-refractivity contribution < 1.29 is 9.71 Å². The molecule has 0 saturated carbocycles. The summed E-state index contributed by atoms with van der Waals surface area (Å²) in [5.74, 6) is 0.357. The number of aromatic nitrogens is 1. The fourth-order valence-electron chi connectivity index (χ4n) is 2.67. The smallest absolute Gasteiger partial charge is 0.125 e. The molecule has 2 nitrogen and oxygen atoms in total. The van der Waals surface area contributed by atoms with Crippen LogP contribution in [-0.4, -0.2) is 18.1 Å². The molecule has 1 aromatic heterocycles. The number of halogens is 1. The Hall–Kier alpha value is -1.35. The van der Waals surface area contributed by atoms with Crippen molar-refractivity contribution in [2.45, 2.75) is 19.3 Å². The highest BCUT2D eigenvalue weighted by molar-refractivity contribution is 5.85. The van der Waals surface area contributed by atoms with Crippen molar-refractivity contribution in [3.8, 4) is 0 Å². The van der Waals surface area contributed by atoms with Gasteiger partial charge >= 0.3 is 0 Å². The number of hydrogen-bond donors (Lipinski definition) is 2. The number of nitrogens with one attached hydrogen (secondary N) is 1. The van der Waals surface area contributed by atoms with Crippen LogP contribution < -0.4 is 5.32 Å². The van der Waals surface area contributed by atoms with Crippen molar-refractivity contribution in [3.05, 3.63) is 35.3 Å². The van der Waals surface area contributed by atoms with Gasteiger partial charge < -0.3 is 10.3 Å². The summed E-state index contributed by atoms with van der Waals surface area (Å²) in [4.78, 5) is 3.39. The number of hydrogen-bond acceptors (Lipinski definition) is 0. The van der Waals surface area contributed by atoms with Crippen molar-refractivity contribution in [1.29, 1.82) is 0 Å². The van der Waals surface area contributed by atoms with Crippen LogP contribution in [0.5, 0.6) is 0 Å². The van der Waals surface area contributed by atoms with Crippen molar-refractivity contribution >= 4 is 10.9 Å². The van der Waals surface area contributed by atoms with Gasteiger partial charge in [-0.05, 0) is 23.8 Å². The Balaban J connectivity index is 2.25. The van der Waals surface area contributed by atoms with Crippen LogP contribution in [0.1, 0.15) is 24.1 Å². The van der Waals surface area contributed by atoms with Gasteiger partial charge in [-0.2, -0.15) is 0 Å². The molecule has 0 bridgehead atoms. The van der Waals surface area contributed by atoms with Crippen molar-refractivity contribution in [1.82, 2.24) is 4.98 Å². The molecule has 1 aliphatic rings. The zero-order valence-electron chi connectivity index (χ0n) is 9.39. The van der Waals surface area contributed by atoms with Crippen molar-refractivity contribution in [2.75, 3.05) is 13.1 Å². The van der Waals surface area contributed by atoms with Crippen molar-refractivity contribution in [2.24, 2.45) is 0 Å². The largest absolute Gasteiger partial charge is 0.358 e. The summed E-state index contributed by atoms with van der Waals surface area (Å²) < 4.78 is 13.2. The molecule has 0 radical (unpaired) electrons. The normalized spacial score (nSPS) is 20.8. The van der Waals surface area contributed by atoms with Crippen LogP contribution in [0.2, 0.25) is 0 Å². The molecule has 16 heavy (non-hydrogen) atoms. The molecule has 0 saturated heterocycles. The van der Waals surface area contributed by atoms with Crippen LogP contribution in [0.3, 0.4) is 0 Å². The van der Waals surface area contributed by atoms with Crippen LogP contribution >= 0.6 is 0 Å². The van der Waals surface area contributed by atoms with E-state index in [4.69, 9.17) is 0 Å². The third-order valence-electron chi connectivity index (χ3n) is 3.51. The predicted molar refractivity (Wildman–Crippen MR) is 62.0 cm³/mol. The molecule has 84 valence electrons. The molecule has 1 aromatic carbocycles. The fraction of sp³-hybridized carbons (Fsp3) is 0.385. The molecule has 3 N–H and O–H groups in total. The Bertz CT molecular complexity index is 530. The number of rotatable bonds is 0. The lowest BCUT2D eigenvalue weighted by atomic mass is 10.0. The van der Waals surface area contributed by atoms with Gasteiger partial charge in [0.15, 0.2) is 0 Å². The van der Waals surface area contributed by atoms with Crippen LogP contribution in [0, 0.1) is 5.82 Å². The van der Waals surface area contributed by atoms with E-state index in [0.29, 0.717) is 5.92 Å². The summed E-state index contributed by atoms with van der Waals surface area (Å²) >= 11 is 0. The number of aromatic amines is 1. The molecule has 1 aliphatic heterocycles. The van der Waals surface area contributed by atoms with E-state index < -0.39 is 0 Å². The second-order valence-corrected chi connectivity index (χ2v) is 4.67. The molecule has 0 amide bonds. The van der Waals surface area contributed by atoms with Gasteiger partial charge in [-0.1, -0.05) is 6.92 Å². The molecular formula is C13H16FN2+. The van der Waals surface area contributed by atoms with Crippen molar-refractivity contribution in [3.63, 3.8) is 0 Å². The Morgan fingerprint density at radius 2 is 2.31 bits per heavy atom. The zero-order chi connectivity index (χ0) is 11.1. The Labute approximate surface area is 93.9 Å². The van der Waals surface area contributed by atoms with E-state index in [1.54, 1.807) is 12.1 Å². The van der Waals surface area contributed by atoms with E-state index in [1.807, 2.05) is 6.07 Å². The summed E-state index contributed by atoms with van der Waals surface area (Å²) in [7, 11) is 0. The Kier molecular flexibility index (Phi) is 2.21. The highest BCUT2D eigenvalue weighted by Gasteiger charge is 2.21. The van der Waals surface area contributed by atoms with E-state index >= 15 is 0 Å². The van der Waals surface area contributed by atoms with E-state index in [9.17, 15) is 4.39 Å². The second-order valence-electron chi connectivity index (χ2n) is 4.67. The topological polar surface area (TPSA) is 32.4 Å². The molecule has 2 heterocycles. The zero-order valence-corrected chi connectivity index (χ0v) is 9.39. The molecule has 0 fully saturated rings. The molecule has 3 rings (SSSR count). The molecule has 3 heteroatoms. The third kappa shape index (κ3) is 1.43. The first-order chi connectivity index (χ1) is 7.75. The lowest BCUT2D eigenvalue weighted by Gasteiger charge is -2.04. The Morgan fingerprint density at radius 3 is 3.19 bits per heavy atom.